The molecule has 2 aromatic heterocycles. The second kappa shape index (κ2) is 4.48. The number of aryl methyl sites for hydroxylation is 2. The Kier molecular flexibility index (Phi) is 2.78. The molecule has 0 bridgehead atoms. The van der Waals surface area contributed by atoms with E-state index in [0.717, 1.165) is 11.1 Å². The summed E-state index contributed by atoms with van der Waals surface area (Å²) in [7, 11) is 0. The van der Waals surface area contributed by atoms with Crippen LogP contribution in [-0.2, 0) is 6.54 Å². The van der Waals surface area contributed by atoms with E-state index in [0.29, 0.717) is 23.7 Å². The number of carbonyl (C=O) groups is 1. The molecule has 3 rings (SSSR count). The monoisotopic (exact) mass is 271 g/mol. The topological polar surface area (TPSA) is 81.2 Å². The molecule has 0 aliphatic rings. The summed E-state index contributed by atoms with van der Waals surface area (Å²) in [6.45, 7) is 4.14. The Morgan fingerprint density at radius 1 is 1.40 bits per heavy atom. The quantitative estimate of drug-likeness (QED) is 0.792. The number of carboxylic acids is 1. The van der Waals surface area contributed by atoms with Crippen LogP contribution in [0.1, 0.15) is 23.3 Å². The molecule has 0 spiro atoms. The molecular formula is C14H13N3O3. The van der Waals surface area contributed by atoms with E-state index >= 15 is 0 Å². The molecular weight excluding hydrogens is 258 g/mol. The van der Waals surface area contributed by atoms with Gasteiger partial charge in [-0.25, -0.2) is 9.78 Å². The number of rotatable bonds is 3. The van der Waals surface area contributed by atoms with Crippen LogP contribution in [0.25, 0.3) is 22.4 Å². The van der Waals surface area contributed by atoms with Crippen LogP contribution in [0.15, 0.2) is 28.7 Å². The molecule has 0 aliphatic carbocycles. The number of benzene rings is 1. The first-order valence-corrected chi connectivity index (χ1v) is 6.27. The lowest BCUT2D eigenvalue weighted by atomic mass is 10.1. The molecule has 3 aromatic rings. The molecule has 20 heavy (non-hydrogen) atoms. The van der Waals surface area contributed by atoms with E-state index in [1.165, 1.54) is 4.68 Å². The van der Waals surface area contributed by atoms with Crippen LogP contribution in [0.2, 0.25) is 0 Å². The Morgan fingerprint density at radius 2 is 2.20 bits per heavy atom. The van der Waals surface area contributed by atoms with Crippen molar-refractivity contribution < 1.29 is 14.3 Å². The Hall–Kier alpha value is -2.63. The van der Waals surface area contributed by atoms with E-state index in [1.54, 1.807) is 13.0 Å². The first-order chi connectivity index (χ1) is 9.58. The molecule has 102 valence electrons. The maximum absolute atomic E-state index is 11.2. The predicted molar refractivity (Wildman–Crippen MR) is 72.6 cm³/mol. The van der Waals surface area contributed by atoms with Gasteiger partial charge in [-0.3, -0.25) is 4.68 Å². The Balaban J connectivity index is 2.12. The highest BCUT2D eigenvalue weighted by Gasteiger charge is 2.15. The van der Waals surface area contributed by atoms with Crippen molar-refractivity contribution in [1.29, 1.82) is 0 Å². The van der Waals surface area contributed by atoms with Crippen LogP contribution in [0, 0.1) is 6.92 Å². The average Bonchev–Trinajstić information content (AvgIpc) is 2.99. The minimum atomic E-state index is -0.984. The lowest BCUT2D eigenvalue weighted by Crippen LogP contribution is -2.07. The number of hydrogen-bond acceptors (Lipinski definition) is 4. The highest BCUT2D eigenvalue weighted by Crippen LogP contribution is 2.24. The van der Waals surface area contributed by atoms with Gasteiger partial charge in [0.25, 0.3) is 0 Å². The van der Waals surface area contributed by atoms with Crippen LogP contribution in [0.4, 0.5) is 0 Å². The third-order valence-corrected chi connectivity index (χ3v) is 3.09. The van der Waals surface area contributed by atoms with Gasteiger partial charge in [-0.15, -0.1) is 0 Å². The van der Waals surface area contributed by atoms with Crippen molar-refractivity contribution in [3.8, 4) is 11.3 Å². The average molecular weight is 271 g/mol. The summed E-state index contributed by atoms with van der Waals surface area (Å²) < 4.78 is 6.94. The molecule has 1 N–H and O–H groups in total. The van der Waals surface area contributed by atoms with Gasteiger partial charge in [-0.1, -0.05) is 6.07 Å². The van der Waals surface area contributed by atoms with E-state index in [-0.39, 0.29) is 5.69 Å². The van der Waals surface area contributed by atoms with Gasteiger partial charge in [0.15, 0.2) is 11.5 Å². The van der Waals surface area contributed by atoms with Crippen molar-refractivity contribution in [1.82, 2.24) is 14.8 Å². The number of carboxylic acid groups (broad SMARTS) is 1. The van der Waals surface area contributed by atoms with Crippen molar-refractivity contribution >= 4 is 17.1 Å². The van der Waals surface area contributed by atoms with Crippen LogP contribution in [-0.4, -0.2) is 25.8 Å². The van der Waals surface area contributed by atoms with Gasteiger partial charge in [0, 0.05) is 19.0 Å². The van der Waals surface area contributed by atoms with Gasteiger partial charge in [0.1, 0.15) is 11.2 Å². The number of aromatic nitrogens is 3. The SMILES string of the molecule is CCn1nc(-c2ccc3nc(C)oc3c2)cc1C(=O)O. The fourth-order valence-corrected chi connectivity index (χ4v) is 2.17. The second-order valence-corrected chi connectivity index (χ2v) is 4.45. The van der Waals surface area contributed by atoms with Gasteiger partial charge in [-0.05, 0) is 25.1 Å². The van der Waals surface area contributed by atoms with Crippen molar-refractivity contribution in [2.24, 2.45) is 0 Å². The van der Waals surface area contributed by atoms with Crippen molar-refractivity contribution in [3.63, 3.8) is 0 Å². The molecule has 2 heterocycles. The molecule has 0 atom stereocenters. The van der Waals surface area contributed by atoms with Gasteiger partial charge >= 0.3 is 5.97 Å². The van der Waals surface area contributed by atoms with Gasteiger partial charge < -0.3 is 9.52 Å². The summed E-state index contributed by atoms with van der Waals surface area (Å²) in [5.74, 6) is -0.385. The standard InChI is InChI=1S/C14H13N3O3/c1-3-17-12(14(18)19)7-11(16-17)9-4-5-10-13(6-9)20-8(2)15-10/h4-7H,3H2,1-2H3,(H,18,19). The molecule has 0 unspecified atom stereocenters. The summed E-state index contributed by atoms with van der Waals surface area (Å²) in [5, 5.41) is 13.5. The number of fused-ring (bicyclic) bond motifs is 1. The zero-order valence-electron chi connectivity index (χ0n) is 11.1. The molecule has 0 radical (unpaired) electrons. The Bertz CT molecular complexity index is 801. The van der Waals surface area contributed by atoms with Crippen molar-refractivity contribution in [2.45, 2.75) is 20.4 Å². The first kappa shape index (κ1) is 12.4. The van der Waals surface area contributed by atoms with Crippen LogP contribution < -0.4 is 0 Å². The van der Waals surface area contributed by atoms with Crippen LogP contribution in [0.5, 0.6) is 0 Å². The maximum atomic E-state index is 11.2. The third-order valence-electron chi connectivity index (χ3n) is 3.09. The summed E-state index contributed by atoms with van der Waals surface area (Å²) in [6, 6.07) is 7.09. The fourth-order valence-electron chi connectivity index (χ4n) is 2.17. The minimum Gasteiger partial charge on any atom is -0.477 e. The van der Waals surface area contributed by atoms with Crippen molar-refractivity contribution in [3.05, 3.63) is 35.9 Å². The summed E-state index contributed by atoms with van der Waals surface area (Å²) in [4.78, 5) is 15.4. The molecule has 0 fully saturated rings. The zero-order chi connectivity index (χ0) is 14.3. The second-order valence-electron chi connectivity index (χ2n) is 4.45. The number of aromatic carboxylic acids is 1. The molecule has 0 saturated carbocycles. The maximum Gasteiger partial charge on any atom is 0.354 e. The van der Waals surface area contributed by atoms with Crippen molar-refractivity contribution in [2.75, 3.05) is 0 Å². The van der Waals surface area contributed by atoms with E-state index in [1.807, 2.05) is 25.1 Å². The van der Waals surface area contributed by atoms with Gasteiger partial charge in [0.05, 0.1) is 5.69 Å². The highest BCUT2D eigenvalue weighted by molar-refractivity contribution is 5.88. The smallest absolute Gasteiger partial charge is 0.354 e. The predicted octanol–water partition coefficient (Wildman–Crippen LogP) is 2.72. The third kappa shape index (κ3) is 1.95. The summed E-state index contributed by atoms with van der Waals surface area (Å²) in [6.07, 6.45) is 0. The number of hydrogen-bond donors (Lipinski definition) is 1. The molecule has 0 saturated heterocycles. The van der Waals surface area contributed by atoms with Gasteiger partial charge in [0.2, 0.25) is 0 Å². The van der Waals surface area contributed by atoms with Crippen LogP contribution >= 0.6 is 0 Å². The fraction of sp³-hybridized carbons (Fsp3) is 0.214. The molecule has 0 amide bonds. The number of oxazole rings is 1. The zero-order valence-corrected chi connectivity index (χ0v) is 11.1. The molecule has 0 aliphatic heterocycles. The van der Waals surface area contributed by atoms with Crippen LogP contribution in [0.3, 0.4) is 0 Å². The molecule has 1 aromatic carbocycles. The van der Waals surface area contributed by atoms with Gasteiger partial charge in [-0.2, -0.15) is 5.10 Å². The largest absolute Gasteiger partial charge is 0.477 e. The number of nitrogens with zero attached hydrogens (tertiary/aromatic N) is 3. The highest BCUT2D eigenvalue weighted by atomic mass is 16.4. The lowest BCUT2D eigenvalue weighted by molar-refractivity contribution is 0.0683. The molecule has 6 nitrogen and oxygen atoms in total. The lowest BCUT2D eigenvalue weighted by Gasteiger charge is -1.98. The molecule has 6 heteroatoms. The van der Waals surface area contributed by atoms with E-state index in [9.17, 15) is 4.79 Å². The summed E-state index contributed by atoms with van der Waals surface area (Å²) in [5.41, 5.74) is 3.04. The van der Waals surface area contributed by atoms with E-state index < -0.39 is 5.97 Å². The minimum absolute atomic E-state index is 0.177. The Morgan fingerprint density at radius 3 is 2.85 bits per heavy atom. The van der Waals surface area contributed by atoms with E-state index in [2.05, 4.69) is 10.1 Å². The normalized spacial score (nSPS) is 11.1. The Labute approximate surface area is 114 Å². The first-order valence-electron chi connectivity index (χ1n) is 6.27. The van der Waals surface area contributed by atoms with E-state index in [4.69, 9.17) is 9.52 Å². The summed E-state index contributed by atoms with van der Waals surface area (Å²) >= 11 is 0.